The molecule has 33 heavy (non-hydrogen) atoms. The van der Waals surface area contributed by atoms with Crippen molar-refractivity contribution in [2.24, 2.45) is 0 Å². The smallest absolute Gasteiger partial charge is 0.258 e. The van der Waals surface area contributed by atoms with Gasteiger partial charge in [0.15, 0.2) is 15.0 Å². The van der Waals surface area contributed by atoms with Crippen LogP contribution >= 0.6 is 11.3 Å². The number of anilines is 1. The van der Waals surface area contributed by atoms with Crippen LogP contribution in [0.5, 0.6) is 5.75 Å². The Morgan fingerprint density at radius 2 is 1.79 bits per heavy atom. The number of aryl methyl sites for hydroxylation is 1. The number of sulfone groups is 1. The van der Waals surface area contributed by atoms with Crippen LogP contribution in [0.4, 0.5) is 5.13 Å². The minimum atomic E-state index is -3.54. The van der Waals surface area contributed by atoms with E-state index < -0.39 is 15.7 Å². The number of nitrogens with zero attached hydrogens (tertiary/aromatic N) is 2. The molecule has 0 saturated heterocycles. The minimum absolute atomic E-state index is 0.0117. The van der Waals surface area contributed by atoms with Crippen LogP contribution in [0, 0.1) is 13.8 Å². The zero-order valence-electron chi connectivity index (χ0n) is 18.6. The Balaban J connectivity index is 1.62. The summed E-state index contributed by atoms with van der Waals surface area (Å²) >= 11 is 1.29. The van der Waals surface area contributed by atoms with Gasteiger partial charge in [0.1, 0.15) is 5.75 Å². The lowest BCUT2D eigenvalue weighted by Crippen LogP contribution is -2.15. The Kier molecular flexibility index (Phi) is 6.09. The highest BCUT2D eigenvalue weighted by Crippen LogP contribution is 2.32. The summed E-state index contributed by atoms with van der Waals surface area (Å²) in [5, 5.41) is 5.00. The first kappa shape index (κ1) is 22.8. The van der Waals surface area contributed by atoms with E-state index in [0.29, 0.717) is 5.13 Å². The molecule has 0 aliphatic rings. The second-order valence-electron chi connectivity index (χ2n) is 7.58. The third-order valence-electron chi connectivity index (χ3n) is 5.29. The van der Waals surface area contributed by atoms with Crippen molar-refractivity contribution in [3.63, 3.8) is 0 Å². The molecule has 170 valence electrons. The van der Waals surface area contributed by atoms with Crippen LogP contribution in [0.3, 0.4) is 0 Å². The molecule has 4 rings (SSSR count). The van der Waals surface area contributed by atoms with Gasteiger partial charge in [0.25, 0.3) is 5.91 Å². The number of rotatable bonds is 6. The number of benzene rings is 2. The van der Waals surface area contributed by atoms with Gasteiger partial charge < -0.3 is 9.30 Å². The topological polar surface area (TPSA) is 90.3 Å². The highest BCUT2D eigenvalue weighted by atomic mass is 32.2. The number of nitrogens with one attached hydrogen (secondary N) is 1. The molecule has 7 nitrogen and oxygen atoms in total. The third kappa shape index (κ3) is 4.55. The Bertz CT molecular complexity index is 1430. The van der Waals surface area contributed by atoms with Crippen LogP contribution in [0.25, 0.3) is 16.9 Å². The average Bonchev–Trinajstić information content (AvgIpc) is 3.36. The fourth-order valence-electron chi connectivity index (χ4n) is 3.75. The number of hydrogen-bond acceptors (Lipinski definition) is 6. The van der Waals surface area contributed by atoms with Gasteiger partial charge in [0.2, 0.25) is 0 Å². The van der Waals surface area contributed by atoms with Crippen LogP contribution in [-0.4, -0.2) is 37.2 Å². The molecule has 0 radical (unpaired) electrons. The van der Waals surface area contributed by atoms with Crippen LogP contribution < -0.4 is 10.1 Å². The standard InChI is InChI=1S/C24H23N3O4S2/c1-15-13-20(16(2)27(15)17-9-11-18(31-3)12-10-17)21-14-32-24(25-21)26-23(28)19-7-5-6-8-22(19)33(4,29)30/h5-14H,1-4H3,(H,25,26,28). The summed E-state index contributed by atoms with van der Waals surface area (Å²) in [5.74, 6) is 0.277. The summed E-state index contributed by atoms with van der Waals surface area (Å²) in [6.45, 7) is 4.05. The quantitative estimate of drug-likeness (QED) is 0.424. The van der Waals surface area contributed by atoms with E-state index in [1.807, 2.05) is 43.5 Å². The molecule has 4 aromatic rings. The first-order chi connectivity index (χ1) is 15.7. The van der Waals surface area contributed by atoms with Crippen molar-refractivity contribution in [1.29, 1.82) is 0 Å². The molecule has 1 amide bonds. The van der Waals surface area contributed by atoms with Crippen molar-refractivity contribution in [1.82, 2.24) is 9.55 Å². The van der Waals surface area contributed by atoms with E-state index in [0.717, 1.165) is 40.3 Å². The van der Waals surface area contributed by atoms with Gasteiger partial charge in [-0.15, -0.1) is 11.3 Å². The van der Waals surface area contributed by atoms with Crippen LogP contribution in [0.15, 0.2) is 64.9 Å². The number of ether oxygens (including phenoxy) is 1. The maximum absolute atomic E-state index is 12.8. The van der Waals surface area contributed by atoms with Crippen molar-refractivity contribution in [3.8, 4) is 22.7 Å². The Labute approximate surface area is 196 Å². The number of carbonyl (C=O) groups is 1. The molecule has 0 atom stereocenters. The fraction of sp³-hybridized carbons (Fsp3) is 0.167. The minimum Gasteiger partial charge on any atom is -0.497 e. The molecule has 2 aromatic heterocycles. The number of aromatic nitrogens is 2. The van der Waals surface area contributed by atoms with E-state index in [4.69, 9.17) is 4.74 Å². The molecule has 0 saturated carbocycles. The summed E-state index contributed by atoms with van der Waals surface area (Å²) < 4.78 is 31.4. The fourth-order valence-corrected chi connectivity index (χ4v) is 5.34. The number of thiazole rings is 1. The Hall–Kier alpha value is -3.43. The third-order valence-corrected chi connectivity index (χ3v) is 7.21. The van der Waals surface area contributed by atoms with Gasteiger partial charge in [0.05, 0.1) is 23.3 Å². The average molecular weight is 482 g/mol. The number of amides is 1. The van der Waals surface area contributed by atoms with Crippen molar-refractivity contribution in [3.05, 3.63) is 76.9 Å². The summed E-state index contributed by atoms with van der Waals surface area (Å²) in [6, 6.07) is 16.0. The van der Waals surface area contributed by atoms with E-state index in [1.165, 1.54) is 23.5 Å². The van der Waals surface area contributed by atoms with E-state index >= 15 is 0 Å². The number of carbonyl (C=O) groups excluding carboxylic acids is 1. The Morgan fingerprint density at radius 3 is 2.45 bits per heavy atom. The number of hydrogen-bond donors (Lipinski definition) is 1. The predicted octanol–water partition coefficient (Wildman–Crippen LogP) is 4.88. The molecule has 1 N–H and O–H groups in total. The lowest BCUT2D eigenvalue weighted by molar-refractivity contribution is 0.102. The van der Waals surface area contributed by atoms with Crippen molar-refractivity contribution in [2.45, 2.75) is 18.7 Å². The van der Waals surface area contributed by atoms with Gasteiger partial charge in [-0.1, -0.05) is 12.1 Å². The molecule has 0 unspecified atom stereocenters. The molecule has 9 heteroatoms. The maximum Gasteiger partial charge on any atom is 0.258 e. The second-order valence-corrected chi connectivity index (χ2v) is 10.4. The van der Waals surface area contributed by atoms with Gasteiger partial charge in [-0.2, -0.15) is 0 Å². The lowest BCUT2D eigenvalue weighted by Gasteiger charge is -2.10. The van der Waals surface area contributed by atoms with E-state index in [1.54, 1.807) is 19.2 Å². The predicted molar refractivity (Wildman–Crippen MR) is 130 cm³/mol. The van der Waals surface area contributed by atoms with Crippen LogP contribution in [-0.2, 0) is 9.84 Å². The van der Waals surface area contributed by atoms with Gasteiger partial charge in [0, 0.05) is 34.3 Å². The van der Waals surface area contributed by atoms with E-state index in [2.05, 4.69) is 20.9 Å². The van der Waals surface area contributed by atoms with Gasteiger partial charge in [-0.3, -0.25) is 10.1 Å². The molecule has 0 fully saturated rings. The van der Waals surface area contributed by atoms with Crippen molar-refractivity contribution < 1.29 is 17.9 Å². The van der Waals surface area contributed by atoms with Crippen LogP contribution in [0.2, 0.25) is 0 Å². The first-order valence-corrected chi connectivity index (χ1v) is 12.9. The van der Waals surface area contributed by atoms with E-state index in [-0.39, 0.29) is 10.5 Å². The number of methoxy groups -OCH3 is 1. The monoisotopic (exact) mass is 481 g/mol. The molecule has 0 spiro atoms. The summed E-state index contributed by atoms with van der Waals surface area (Å²) in [7, 11) is -1.90. The van der Waals surface area contributed by atoms with Crippen molar-refractivity contribution >= 4 is 32.2 Å². The first-order valence-electron chi connectivity index (χ1n) is 10.1. The summed E-state index contributed by atoms with van der Waals surface area (Å²) in [4.78, 5) is 17.3. The second kappa shape index (κ2) is 8.84. The molecule has 0 aliphatic carbocycles. The van der Waals surface area contributed by atoms with Crippen molar-refractivity contribution in [2.75, 3.05) is 18.7 Å². The van der Waals surface area contributed by atoms with Crippen LogP contribution in [0.1, 0.15) is 21.7 Å². The molecule has 0 aliphatic heterocycles. The molecule has 2 heterocycles. The molecular weight excluding hydrogens is 458 g/mol. The van der Waals surface area contributed by atoms with Gasteiger partial charge in [-0.05, 0) is 56.3 Å². The van der Waals surface area contributed by atoms with Gasteiger partial charge >= 0.3 is 0 Å². The normalized spacial score (nSPS) is 11.4. The zero-order valence-corrected chi connectivity index (χ0v) is 20.3. The Morgan fingerprint density at radius 1 is 1.09 bits per heavy atom. The maximum atomic E-state index is 12.8. The van der Waals surface area contributed by atoms with Gasteiger partial charge in [-0.25, -0.2) is 13.4 Å². The molecular formula is C24H23N3O4S2. The zero-order chi connectivity index (χ0) is 23.8. The molecule has 2 aromatic carbocycles. The molecule has 0 bridgehead atoms. The largest absolute Gasteiger partial charge is 0.497 e. The highest BCUT2D eigenvalue weighted by molar-refractivity contribution is 7.90. The van der Waals surface area contributed by atoms with E-state index in [9.17, 15) is 13.2 Å². The highest BCUT2D eigenvalue weighted by Gasteiger charge is 2.20. The summed E-state index contributed by atoms with van der Waals surface area (Å²) in [5.41, 5.74) is 4.86. The lowest BCUT2D eigenvalue weighted by atomic mass is 10.2. The SMILES string of the molecule is COc1ccc(-n2c(C)cc(-c3csc(NC(=O)c4ccccc4S(C)(=O)=O)n3)c2C)cc1. The summed E-state index contributed by atoms with van der Waals surface area (Å²) in [6.07, 6.45) is 1.08.